The van der Waals surface area contributed by atoms with E-state index in [9.17, 15) is 0 Å². The predicted octanol–water partition coefficient (Wildman–Crippen LogP) is 15.9. The largest absolute Gasteiger partial charge is 0.310 e. The van der Waals surface area contributed by atoms with Crippen LogP contribution in [-0.4, -0.2) is 0 Å². The molecule has 3 saturated carbocycles. The van der Waals surface area contributed by atoms with Crippen LogP contribution < -0.4 is 4.90 Å². The van der Waals surface area contributed by atoms with Gasteiger partial charge in [0, 0.05) is 22.2 Å². The molecule has 282 valence electrons. The smallest absolute Gasteiger partial charge is 0.0540 e. The summed E-state index contributed by atoms with van der Waals surface area (Å²) < 4.78 is 0. The van der Waals surface area contributed by atoms with Crippen LogP contribution in [0.25, 0.3) is 44.2 Å². The summed E-state index contributed by atoms with van der Waals surface area (Å²) in [5.74, 6) is 3.15. The van der Waals surface area contributed by atoms with Crippen molar-refractivity contribution in [1.29, 1.82) is 0 Å². The number of hydrogen-bond donors (Lipinski definition) is 0. The first kappa shape index (κ1) is 34.8. The van der Waals surface area contributed by atoms with Gasteiger partial charge in [-0.2, -0.15) is 0 Å². The van der Waals surface area contributed by atoms with Gasteiger partial charge in [-0.15, -0.1) is 0 Å². The third kappa shape index (κ3) is 5.88. The first-order chi connectivity index (χ1) is 28.0. The van der Waals surface area contributed by atoms with E-state index in [0.29, 0.717) is 11.8 Å². The second kappa shape index (κ2) is 13.9. The molecule has 7 aromatic carbocycles. The van der Waals surface area contributed by atoms with E-state index in [1.807, 2.05) is 0 Å². The number of benzene rings is 7. The minimum Gasteiger partial charge on any atom is -0.310 e. The molecule has 1 heteroatoms. The number of hydrogen-bond acceptors (Lipinski definition) is 1. The van der Waals surface area contributed by atoms with E-state index in [2.05, 4.69) is 170 Å². The Morgan fingerprint density at radius 1 is 0.509 bits per heavy atom. The summed E-state index contributed by atoms with van der Waals surface area (Å²) in [4.78, 5) is 2.60. The molecule has 0 aliphatic heterocycles. The molecule has 11 rings (SSSR count). The van der Waals surface area contributed by atoms with Crippen molar-refractivity contribution in [2.75, 3.05) is 4.90 Å². The van der Waals surface area contributed by atoms with Crippen molar-refractivity contribution < 1.29 is 0 Å². The number of rotatable bonds is 7. The summed E-state index contributed by atoms with van der Waals surface area (Å²) >= 11 is 0. The molecule has 2 bridgehead atoms. The van der Waals surface area contributed by atoms with E-state index in [-0.39, 0.29) is 5.41 Å². The van der Waals surface area contributed by atoms with Crippen LogP contribution in [0.15, 0.2) is 152 Å². The lowest BCUT2D eigenvalue weighted by molar-refractivity contribution is 0.420. The average molecular weight is 740 g/mol. The zero-order valence-corrected chi connectivity index (χ0v) is 33.6. The van der Waals surface area contributed by atoms with E-state index in [0.717, 1.165) is 11.8 Å². The highest BCUT2D eigenvalue weighted by molar-refractivity contribution is 6.03. The van der Waals surface area contributed by atoms with Gasteiger partial charge in [0.1, 0.15) is 0 Å². The second-order valence-electron chi connectivity index (χ2n) is 18.3. The summed E-state index contributed by atoms with van der Waals surface area (Å²) in [5.41, 5.74) is 17.2. The Bertz CT molecular complexity index is 2610. The number of fused-ring (bicyclic) bond motifs is 6. The van der Waals surface area contributed by atoms with Gasteiger partial charge in [0.2, 0.25) is 0 Å². The van der Waals surface area contributed by atoms with Crippen LogP contribution in [0.1, 0.15) is 106 Å². The Kier molecular flexibility index (Phi) is 8.50. The van der Waals surface area contributed by atoms with Crippen molar-refractivity contribution in [3.05, 3.63) is 174 Å². The van der Waals surface area contributed by atoms with E-state index in [4.69, 9.17) is 0 Å². The lowest BCUT2D eigenvalue weighted by Crippen LogP contribution is -2.17. The summed E-state index contributed by atoms with van der Waals surface area (Å²) in [6.45, 7) is 4.86. The minimum atomic E-state index is -0.164. The molecule has 4 aliphatic carbocycles. The van der Waals surface area contributed by atoms with Crippen LogP contribution in [0, 0.1) is 11.8 Å². The van der Waals surface area contributed by atoms with Gasteiger partial charge in [-0.25, -0.2) is 0 Å². The topological polar surface area (TPSA) is 3.24 Å². The lowest BCUT2D eigenvalue weighted by atomic mass is 9.81. The summed E-state index contributed by atoms with van der Waals surface area (Å²) in [6, 6.07) is 58.4. The fraction of sp³-hybridized carbons (Fsp3) is 0.286. The highest BCUT2D eigenvalue weighted by Crippen LogP contribution is 2.56. The third-order valence-corrected chi connectivity index (χ3v) is 14.7. The Labute approximate surface area is 339 Å². The highest BCUT2D eigenvalue weighted by Gasteiger charge is 2.41. The van der Waals surface area contributed by atoms with E-state index in [1.165, 1.54) is 141 Å². The Morgan fingerprint density at radius 2 is 1.25 bits per heavy atom. The average Bonchev–Trinajstić information content (AvgIpc) is 3.97. The maximum absolute atomic E-state index is 2.60. The van der Waals surface area contributed by atoms with Gasteiger partial charge in [0.25, 0.3) is 0 Å². The van der Waals surface area contributed by atoms with Crippen LogP contribution in [0.3, 0.4) is 0 Å². The molecular formula is C56H53N. The predicted molar refractivity (Wildman–Crippen MR) is 241 cm³/mol. The van der Waals surface area contributed by atoms with Crippen molar-refractivity contribution in [2.45, 2.75) is 88.9 Å². The molecule has 0 heterocycles. The molecular weight excluding hydrogens is 687 g/mol. The van der Waals surface area contributed by atoms with Crippen LogP contribution in [-0.2, 0) is 5.41 Å². The maximum Gasteiger partial charge on any atom is 0.0540 e. The van der Waals surface area contributed by atoms with Crippen molar-refractivity contribution in [2.24, 2.45) is 11.8 Å². The Hall–Kier alpha value is -5.40. The van der Waals surface area contributed by atoms with Gasteiger partial charge in [-0.05, 0) is 153 Å². The monoisotopic (exact) mass is 739 g/mol. The molecule has 0 spiro atoms. The molecule has 3 fully saturated rings. The Morgan fingerprint density at radius 3 is 2.02 bits per heavy atom. The minimum absolute atomic E-state index is 0.164. The summed E-state index contributed by atoms with van der Waals surface area (Å²) in [7, 11) is 0. The Balaban J connectivity index is 1.16. The SMILES string of the molecule is CC1(C)c2ccccc2-c2c(-c3ccccc3-c3ccccc3)cc(N(c3ccc(C4CC5CCC4C5)cc3)c3cccc4ccc(C5CCCCC5)cc34)cc21. The van der Waals surface area contributed by atoms with Crippen molar-refractivity contribution >= 4 is 27.8 Å². The van der Waals surface area contributed by atoms with Crippen molar-refractivity contribution in [3.63, 3.8) is 0 Å². The zero-order chi connectivity index (χ0) is 38.1. The van der Waals surface area contributed by atoms with Crippen LogP contribution in [0.4, 0.5) is 17.1 Å². The second-order valence-corrected chi connectivity index (χ2v) is 18.3. The molecule has 3 atom stereocenters. The normalized spacial score (nSPS) is 20.8. The summed E-state index contributed by atoms with van der Waals surface area (Å²) in [6.07, 6.45) is 12.3. The molecule has 4 aliphatic rings. The van der Waals surface area contributed by atoms with E-state index in [1.54, 1.807) is 0 Å². The maximum atomic E-state index is 2.60. The van der Waals surface area contributed by atoms with Crippen LogP contribution >= 0.6 is 0 Å². The van der Waals surface area contributed by atoms with Gasteiger partial charge >= 0.3 is 0 Å². The molecule has 3 unspecified atom stereocenters. The molecule has 7 aromatic rings. The van der Waals surface area contributed by atoms with Crippen LogP contribution in [0.2, 0.25) is 0 Å². The third-order valence-electron chi connectivity index (χ3n) is 14.7. The molecule has 0 amide bonds. The standard InChI is InChI=1S/C56H53N/c1-56(2)52-22-12-11-21-48(52)55-51(47-20-10-9-19-46(47)39-16-7-4-8-17-39)35-45(36-53(55)56)57(44-30-28-41(29-31-44)49-33-37-24-25-43(49)32-37)54-23-13-18-40-26-27-42(34-50(40)54)38-14-5-3-6-15-38/h4,7-13,16-23,26-31,34-38,43,49H,3,5-6,14-15,24-25,32-33H2,1-2H3. The fourth-order valence-corrected chi connectivity index (χ4v) is 11.8. The first-order valence-corrected chi connectivity index (χ1v) is 21.9. The fourth-order valence-electron chi connectivity index (χ4n) is 11.8. The summed E-state index contributed by atoms with van der Waals surface area (Å²) in [5, 5.41) is 2.64. The van der Waals surface area contributed by atoms with Gasteiger partial charge in [-0.1, -0.05) is 155 Å². The highest BCUT2D eigenvalue weighted by atomic mass is 15.1. The lowest BCUT2D eigenvalue weighted by Gasteiger charge is -2.31. The molecule has 0 saturated heterocycles. The number of nitrogens with zero attached hydrogens (tertiary/aromatic N) is 1. The first-order valence-electron chi connectivity index (χ1n) is 21.9. The molecule has 0 aromatic heterocycles. The molecule has 1 nitrogen and oxygen atoms in total. The van der Waals surface area contributed by atoms with Gasteiger partial charge in [0.05, 0.1) is 5.69 Å². The zero-order valence-electron chi connectivity index (χ0n) is 33.6. The van der Waals surface area contributed by atoms with E-state index < -0.39 is 0 Å². The van der Waals surface area contributed by atoms with Crippen molar-refractivity contribution in [3.8, 4) is 33.4 Å². The van der Waals surface area contributed by atoms with Crippen LogP contribution in [0.5, 0.6) is 0 Å². The van der Waals surface area contributed by atoms with Gasteiger partial charge < -0.3 is 4.90 Å². The quantitative estimate of drug-likeness (QED) is 0.157. The van der Waals surface area contributed by atoms with Crippen molar-refractivity contribution in [1.82, 2.24) is 0 Å². The molecule has 0 N–H and O–H groups in total. The number of anilines is 3. The van der Waals surface area contributed by atoms with Gasteiger partial charge in [0.15, 0.2) is 0 Å². The van der Waals surface area contributed by atoms with E-state index >= 15 is 0 Å². The molecule has 57 heavy (non-hydrogen) atoms. The van der Waals surface area contributed by atoms with Gasteiger partial charge in [-0.3, -0.25) is 0 Å². The molecule has 0 radical (unpaired) electrons.